The highest BCUT2D eigenvalue weighted by Crippen LogP contribution is 2.15. The average molecular weight is 356 g/mol. The average Bonchev–Trinajstić information content (AvgIpc) is 3.06. The summed E-state index contributed by atoms with van der Waals surface area (Å²) in [5.74, 6) is 0.759. The second-order valence-corrected chi connectivity index (χ2v) is 5.86. The first kappa shape index (κ1) is 17.7. The van der Waals surface area contributed by atoms with Gasteiger partial charge in [-0.1, -0.05) is 12.1 Å². The first-order valence-corrected chi connectivity index (χ1v) is 8.43. The van der Waals surface area contributed by atoms with Gasteiger partial charge in [0.1, 0.15) is 12.4 Å². The van der Waals surface area contributed by atoms with Crippen LogP contribution in [0.1, 0.15) is 18.4 Å². The molecule has 3 rings (SSSR count). The summed E-state index contributed by atoms with van der Waals surface area (Å²) >= 11 is 0. The number of nitrogens with zero attached hydrogens (tertiary/aromatic N) is 2. The van der Waals surface area contributed by atoms with Crippen LogP contribution in [0.15, 0.2) is 42.7 Å². The quantitative estimate of drug-likeness (QED) is 0.423. The zero-order valence-electron chi connectivity index (χ0n) is 14.2. The van der Waals surface area contributed by atoms with Gasteiger partial charge in [-0.2, -0.15) is 0 Å². The van der Waals surface area contributed by atoms with E-state index < -0.39 is 0 Å². The minimum absolute atomic E-state index is 0.0167. The maximum Gasteiger partial charge on any atom is 0.407 e. The molecular formula is C18H20N4O4. The Labute approximate surface area is 150 Å². The van der Waals surface area contributed by atoms with Crippen molar-refractivity contribution in [2.45, 2.75) is 25.3 Å². The maximum absolute atomic E-state index is 11.9. The van der Waals surface area contributed by atoms with Gasteiger partial charge >= 0.3 is 12.1 Å². The molecule has 2 N–H and O–H groups in total. The highest BCUT2D eigenvalue weighted by molar-refractivity contribution is 5.72. The minimum Gasteiger partial charge on any atom is -0.447 e. The van der Waals surface area contributed by atoms with Gasteiger partial charge in [0.05, 0.1) is 6.04 Å². The van der Waals surface area contributed by atoms with Crippen molar-refractivity contribution >= 4 is 18.0 Å². The van der Waals surface area contributed by atoms with Crippen LogP contribution >= 0.6 is 0 Å². The van der Waals surface area contributed by atoms with Crippen LogP contribution in [0.4, 0.5) is 10.7 Å². The summed E-state index contributed by atoms with van der Waals surface area (Å²) in [7, 11) is 0. The molecule has 1 saturated heterocycles. The van der Waals surface area contributed by atoms with E-state index in [9.17, 15) is 9.59 Å². The second-order valence-electron chi connectivity index (χ2n) is 5.86. The molecule has 1 aliphatic heterocycles. The van der Waals surface area contributed by atoms with E-state index in [0.29, 0.717) is 44.1 Å². The number of cyclic esters (lactones) is 1. The third-order valence-corrected chi connectivity index (χ3v) is 3.78. The maximum atomic E-state index is 11.9. The van der Waals surface area contributed by atoms with Gasteiger partial charge in [0.15, 0.2) is 0 Å². The lowest BCUT2D eigenvalue weighted by Gasteiger charge is -2.09. The van der Waals surface area contributed by atoms with Crippen LogP contribution in [-0.4, -0.2) is 41.2 Å². The number of carbonyl (C=O) groups is 2. The molecule has 1 aromatic carbocycles. The third kappa shape index (κ3) is 5.44. The predicted octanol–water partition coefficient (Wildman–Crippen LogP) is 1.93. The lowest BCUT2D eigenvalue weighted by atomic mass is 10.1. The molecule has 1 aliphatic rings. The highest BCUT2D eigenvalue weighted by atomic mass is 16.6. The normalized spacial score (nSPS) is 15.8. The molecule has 1 fully saturated rings. The molecule has 0 aliphatic carbocycles. The first-order valence-electron chi connectivity index (χ1n) is 8.43. The zero-order chi connectivity index (χ0) is 18.2. The van der Waals surface area contributed by atoms with E-state index >= 15 is 0 Å². The van der Waals surface area contributed by atoms with Crippen molar-refractivity contribution in [1.82, 2.24) is 15.3 Å². The van der Waals surface area contributed by atoms with Crippen LogP contribution in [0.3, 0.4) is 0 Å². The van der Waals surface area contributed by atoms with E-state index in [0.717, 1.165) is 5.56 Å². The topological polar surface area (TPSA) is 102 Å². The molecule has 8 nitrogen and oxygen atoms in total. The Bertz CT molecular complexity index is 737. The molecule has 136 valence electrons. The highest BCUT2D eigenvalue weighted by Gasteiger charge is 2.22. The number of aromatic nitrogens is 2. The number of esters is 1. The summed E-state index contributed by atoms with van der Waals surface area (Å²) in [4.78, 5) is 31.0. The summed E-state index contributed by atoms with van der Waals surface area (Å²) in [6, 6.07) is 8.98. The number of alkyl carbamates (subject to hydrolysis) is 1. The lowest BCUT2D eigenvalue weighted by Crippen LogP contribution is -2.28. The van der Waals surface area contributed by atoms with Crippen molar-refractivity contribution in [3.05, 3.63) is 48.3 Å². The number of ether oxygens (including phenoxy) is 2. The molecule has 1 aromatic heterocycles. The molecule has 0 spiro atoms. The van der Waals surface area contributed by atoms with E-state index in [-0.39, 0.29) is 18.1 Å². The molecule has 1 amide bonds. The van der Waals surface area contributed by atoms with E-state index in [2.05, 4.69) is 20.6 Å². The summed E-state index contributed by atoms with van der Waals surface area (Å²) in [5, 5.41) is 5.77. The van der Waals surface area contributed by atoms with Gasteiger partial charge in [-0.3, -0.25) is 4.79 Å². The van der Waals surface area contributed by atoms with E-state index in [4.69, 9.17) is 9.47 Å². The number of hydrogen-bond donors (Lipinski definition) is 2. The summed E-state index contributed by atoms with van der Waals surface area (Å²) in [6.07, 6.45) is 4.52. The van der Waals surface area contributed by atoms with Crippen molar-refractivity contribution < 1.29 is 19.1 Å². The number of rotatable bonds is 8. The van der Waals surface area contributed by atoms with Gasteiger partial charge in [-0.25, -0.2) is 14.8 Å². The van der Waals surface area contributed by atoms with Crippen LogP contribution in [-0.2, 0) is 16.0 Å². The van der Waals surface area contributed by atoms with Crippen molar-refractivity contribution in [2.24, 2.45) is 0 Å². The standard InChI is InChI=1S/C18H20N4O4/c23-16(3-1-8-19-17-20-9-2-10-21-17)26-15-6-4-13(5-7-15)11-14-12-25-18(24)22-14/h2,4-7,9-10,14H,1,3,8,11-12H2,(H,22,24)(H,19,20,21). The summed E-state index contributed by atoms with van der Waals surface area (Å²) < 4.78 is 10.2. The Morgan fingerprint density at radius 3 is 2.73 bits per heavy atom. The van der Waals surface area contributed by atoms with Gasteiger partial charge in [0, 0.05) is 25.4 Å². The van der Waals surface area contributed by atoms with Gasteiger partial charge in [0.25, 0.3) is 0 Å². The SMILES string of the molecule is O=C(CCCNc1ncccn1)Oc1ccc(CC2COC(=O)N2)cc1. The lowest BCUT2D eigenvalue weighted by molar-refractivity contribution is -0.134. The summed E-state index contributed by atoms with van der Waals surface area (Å²) in [6.45, 7) is 0.963. The zero-order valence-corrected chi connectivity index (χ0v) is 14.2. The third-order valence-electron chi connectivity index (χ3n) is 3.78. The number of anilines is 1. The number of nitrogens with one attached hydrogen (secondary N) is 2. The van der Waals surface area contributed by atoms with Gasteiger partial charge < -0.3 is 20.1 Å². The fourth-order valence-corrected chi connectivity index (χ4v) is 2.52. The van der Waals surface area contributed by atoms with Crippen LogP contribution in [0.5, 0.6) is 5.75 Å². The van der Waals surface area contributed by atoms with Gasteiger partial charge in [0.2, 0.25) is 5.95 Å². The smallest absolute Gasteiger partial charge is 0.407 e. The predicted molar refractivity (Wildman–Crippen MR) is 93.8 cm³/mol. The first-order chi connectivity index (χ1) is 12.7. The minimum atomic E-state index is -0.381. The van der Waals surface area contributed by atoms with E-state index in [1.54, 1.807) is 30.6 Å². The molecule has 0 bridgehead atoms. The van der Waals surface area contributed by atoms with Gasteiger partial charge in [-0.15, -0.1) is 0 Å². The largest absolute Gasteiger partial charge is 0.447 e. The number of benzene rings is 1. The van der Waals surface area contributed by atoms with Crippen LogP contribution in [0.2, 0.25) is 0 Å². The summed E-state index contributed by atoms with van der Waals surface area (Å²) in [5.41, 5.74) is 1.03. The molecule has 0 radical (unpaired) electrons. The van der Waals surface area contributed by atoms with Crippen LogP contribution in [0, 0.1) is 0 Å². The molecule has 26 heavy (non-hydrogen) atoms. The molecule has 8 heteroatoms. The number of hydrogen-bond acceptors (Lipinski definition) is 7. The van der Waals surface area contributed by atoms with E-state index in [1.807, 2.05) is 12.1 Å². The Morgan fingerprint density at radius 1 is 1.27 bits per heavy atom. The molecule has 2 heterocycles. The monoisotopic (exact) mass is 356 g/mol. The number of carbonyl (C=O) groups excluding carboxylic acids is 2. The Kier molecular flexibility index (Phi) is 5.97. The van der Waals surface area contributed by atoms with Crippen molar-refractivity contribution in [2.75, 3.05) is 18.5 Å². The second kappa shape index (κ2) is 8.80. The molecule has 1 unspecified atom stereocenters. The molecule has 1 atom stereocenters. The molecular weight excluding hydrogens is 336 g/mol. The Morgan fingerprint density at radius 2 is 2.04 bits per heavy atom. The molecule has 0 saturated carbocycles. The van der Waals surface area contributed by atoms with E-state index in [1.165, 1.54) is 0 Å². The van der Waals surface area contributed by atoms with Crippen molar-refractivity contribution in [3.8, 4) is 5.75 Å². The van der Waals surface area contributed by atoms with Crippen molar-refractivity contribution in [1.29, 1.82) is 0 Å². The fourth-order valence-electron chi connectivity index (χ4n) is 2.52. The fraction of sp³-hybridized carbons (Fsp3) is 0.333. The van der Waals surface area contributed by atoms with Crippen LogP contribution < -0.4 is 15.4 Å². The number of amides is 1. The van der Waals surface area contributed by atoms with Crippen molar-refractivity contribution in [3.63, 3.8) is 0 Å². The Hall–Kier alpha value is -3.16. The molecule has 2 aromatic rings. The Balaban J connectivity index is 1.36. The van der Waals surface area contributed by atoms with Crippen LogP contribution in [0.25, 0.3) is 0 Å². The van der Waals surface area contributed by atoms with Gasteiger partial charge in [-0.05, 0) is 36.6 Å².